The van der Waals surface area contributed by atoms with Gasteiger partial charge in [0.1, 0.15) is 0 Å². The molecule has 1 aromatic rings. The summed E-state index contributed by atoms with van der Waals surface area (Å²) in [6.45, 7) is 2.94. The summed E-state index contributed by atoms with van der Waals surface area (Å²) >= 11 is 0. The number of aromatic nitrogens is 2. The molecular formula is C13H22N4O3. The van der Waals surface area contributed by atoms with Crippen molar-refractivity contribution in [2.45, 2.75) is 31.7 Å². The summed E-state index contributed by atoms with van der Waals surface area (Å²) in [4.78, 5) is 19.4. The van der Waals surface area contributed by atoms with Crippen molar-refractivity contribution >= 4 is 5.97 Å². The average Bonchev–Trinajstić information content (AvgIpc) is 2.86. The number of carboxylic acid groups (broad SMARTS) is 1. The Hall–Kier alpha value is -1.47. The van der Waals surface area contributed by atoms with Crippen molar-refractivity contribution in [2.75, 3.05) is 33.7 Å². The molecule has 1 atom stereocenters. The molecule has 0 aliphatic carbocycles. The van der Waals surface area contributed by atoms with E-state index in [4.69, 9.17) is 9.63 Å². The summed E-state index contributed by atoms with van der Waals surface area (Å²) in [6, 6.07) is 0.172. The van der Waals surface area contributed by atoms with Gasteiger partial charge in [-0.1, -0.05) is 5.16 Å². The molecular weight excluding hydrogens is 260 g/mol. The highest BCUT2D eigenvalue weighted by molar-refractivity contribution is 5.66. The van der Waals surface area contributed by atoms with Crippen molar-refractivity contribution in [1.29, 1.82) is 0 Å². The van der Waals surface area contributed by atoms with Gasteiger partial charge in [0, 0.05) is 32.5 Å². The van der Waals surface area contributed by atoms with Crippen LogP contribution in [0.2, 0.25) is 0 Å². The highest BCUT2D eigenvalue weighted by Gasteiger charge is 2.27. The lowest BCUT2D eigenvalue weighted by molar-refractivity contribution is -0.137. The lowest BCUT2D eigenvalue weighted by atomic mass is 10.1. The number of aliphatic carboxylic acids is 1. The van der Waals surface area contributed by atoms with Crippen LogP contribution in [0.25, 0.3) is 0 Å². The summed E-state index contributed by atoms with van der Waals surface area (Å²) < 4.78 is 5.25. The minimum absolute atomic E-state index is 0.172. The molecule has 1 aromatic heterocycles. The monoisotopic (exact) mass is 282 g/mol. The summed E-state index contributed by atoms with van der Waals surface area (Å²) in [5.74, 6) is 0.572. The number of hydrogen-bond donors (Lipinski definition) is 1. The number of likely N-dealkylation sites (N-methyl/N-ethyl adjacent to an activating group) is 2. The molecule has 7 heteroatoms. The fourth-order valence-corrected chi connectivity index (χ4v) is 2.35. The second-order valence-corrected chi connectivity index (χ2v) is 5.41. The van der Waals surface area contributed by atoms with E-state index in [1.165, 1.54) is 0 Å². The molecule has 2 rings (SSSR count). The fraction of sp³-hybridized carbons (Fsp3) is 0.769. The van der Waals surface area contributed by atoms with Gasteiger partial charge in [0.05, 0.1) is 6.04 Å². The Morgan fingerprint density at radius 2 is 2.20 bits per heavy atom. The van der Waals surface area contributed by atoms with Crippen LogP contribution in [0.5, 0.6) is 0 Å². The van der Waals surface area contributed by atoms with Gasteiger partial charge < -0.3 is 14.5 Å². The van der Waals surface area contributed by atoms with E-state index < -0.39 is 5.97 Å². The topological polar surface area (TPSA) is 82.7 Å². The molecule has 1 aliphatic rings. The van der Waals surface area contributed by atoms with Crippen molar-refractivity contribution in [3.05, 3.63) is 11.7 Å². The molecule has 20 heavy (non-hydrogen) atoms. The largest absolute Gasteiger partial charge is 0.481 e. The average molecular weight is 282 g/mol. The van der Waals surface area contributed by atoms with E-state index in [-0.39, 0.29) is 12.5 Å². The first-order valence-corrected chi connectivity index (χ1v) is 6.99. The Labute approximate surface area is 118 Å². The van der Waals surface area contributed by atoms with Crippen LogP contribution in [0, 0.1) is 0 Å². The smallest absolute Gasteiger partial charge is 0.303 e. The first-order valence-electron chi connectivity index (χ1n) is 6.99. The van der Waals surface area contributed by atoms with Crippen molar-refractivity contribution < 1.29 is 14.4 Å². The first kappa shape index (κ1) is 14.9. The zero-order chi connectivity index (χ0) is 14.5. The van der Waals surface area contributed by atoms with Crippen LogP contribution < -0.4 is 0 Å². The van der Waals surface area contributed by atoms with E-state index in [1.54, 1.807) is 0 Å². The SMILES string of the molecule is CN1CCN(C)C(c2noc(CCCCC(=O)O)n2)C1. The standard InChI is InChI=1S/C13H22N4O3/c1-16-7-8-17(2)10(9-16)13-14-11(20-15-13)5-3-4-6-12(18)19/h10H,3-9H2,1-2H3,(H,18,19). The predicted octanol–water partition coefficient (Wildman–Crippen LogP) is 0.785. The van der Waals surface area contributed by atoms with Crippen LogP contribution in [-0.2, 0) is 11.2 Å². The van der Waals surface area contributed by atoms with E-state index >= 15 is 0 Å². The Kier molecular flexibility index (Phi) is 5.08. The highest BCUT2D eigenvalue weighted by Crippen LogP contribution is 2.21. The van der Waals surface area contributed by atoms with Crippen LogP contribution in [0.1, 0.15) is 37.0 Å². The minimum Gasteiger partial charge on any atom is -0.481 e. The lowest BCUT2D eigenvalue weighted by Crippen LogP contribution is -2.45. The van der Waals surface area contributed by atoms with E-state index in [0.717, 1.165) is 31.9 Å². The third-order valence-electron chi connectivity index (χ3n) is 3.66. The van der Waals surface area contributed by atoms with E-state index in [9.17, 15) is 4.79 Å². The number of carboxylic acids is 1. The van der Waals surface area contributed by atoms with Crippen molar-refractivity contribution in [2.24, 2.45) is 0 Å². The van der Waals surface area contributed by atoms with Gasteiger partial charge in [0.25, 0.3) is 0 Å². The molecule has 1 unspecified atom stereocenters. The maximum Gasteiger partial charge on any atom is 0.303 e. The molecule has 1 aliphatic heterocycles. The number of carbonyl (C=O) groups is 1. The normalized spacial score (nSPS) is 21.2. The van der Waals surface area contributed by atoms with E-state index in [2.05, 4.69) is 34.0 Å². The Morgan fingerprint density at radius 3 is 2.95 bits per heavy atom. The number of piperazine rings is 1. The fourth-order valence-electron chi connectivity index (χ4n) is 2.35. The van der Waals surface area contributed by atoms with Crippen LogP contribution in [0.15, 0.2) is 4.52 Å². The van der Waals surface area contributed by atoms with Crippen LogP contribution in [0.3, 0.4) is 0 Å². The summed E-state index contributed by atoms with van der Waals surface area (Å²) in [6.07, 6.45) is 2.23. The zero-order valence-electron chi connectivity index (χ0n) is 12.1. The summed E-state index contributed by atoms with van der Waals surface area (Å²) in [5, 5.41) is 12.6. The van der Waals surface area contributed by atoms with Gasteiger partial charge in [0.15, 0.2) is 5.82 Å². The minimum atomic E-state index is -0.761. The molecule has 7 nitrogen and oxygen atoms in total. The molecule has 1 fully saturated rings. The molecule has 1 saturated heterocycles. The van der Waals surface area contributed by atoms with Gasteiger partial charge in [-0.25, -0.2) is 0 Å². The van der Waals surface area contributed by atoms with Crippen molar-refractivity contribution in [3.8, 4) is 0 Å². The molecule has 0 amide bonds. The molecule has 0 bridgehead atoms. The number of unbranched alkanes of at least 4 members (excludes halogenated alkanes) is 1. The molecule has 1 N–H and O–H groups in total. The van der Waals surface area contributed by atoms with Crippen molar-refractivity contribution in [3.63, 3.8) is 0 Å². The number of nitrogens with zero attached hydrogens (tertiary/aromatic N) is 4. The summed E-state index contributed by atoms with van der Waals surface area (Å²) in [5.41, 5.74) is 0. The van der Waals surface area contributed by atoms with Gasteiger partial charge in [-0.3, -0.25) is 9.69 Å². The maximum atomic E-state index is 10.4. The van der Waals surface area contributed by atoms with Crippen LogP contribution in [-0.4, -0.2) is 64.7 Å². The van der Waals surface area contributed by atoms with Gasteiger partial charge in [-0.2, -0.15) is 4.98 Å². The zero-order valence-corrected chi connectivity index (χ0v) is 12.1. The quantitative estimate of drug-likeness (QED) is 0.772. The molecule has 0 radical (unpaired) electrons. The van der Waals surface area contributed by atoms with Gasteiger partial charge in [-0.05, 0) is 26.9 Å². The molecule has 112 valence electrons. The second-order valence-electron chi connectivity index (χ2n) is 5.41. The number of rotatable bonds is 6. The number of hydrogen-bond acceptors (Lipinski definition) is 6. The third-order valence-corrected chi connectivity index (χ3v) is 3.66. The van der Waals surface area contributed by atoms with Crippen LogP contribution >= 0.6 is 0 Å². The molecule has 0 spiro atoms. The molecule has 0 aromatic carbocycles. The number of aryl methyl sites for hydroxylation is 1. The maximum absolute atomic E-state index is 10.4. The molecule has 2 heterocycles. The summed E-state index contributed by atoms with van der Waals surface area (Å²) in [7, 11) is 4.16. The molecule has 0 saturated carbocycles. The highest BCUT2D eigenvalue weighted by atomic mass is 16.5. The van der Waals surface area contributed by atoms with Gasteiger partial charge in [-0.15, -0.1) is 0 Å². The predicted molar refractivity (Wildman–Crippen MR) is 72.4 cm³/mol. The first-order chi connectivity index (χ1) is 9.56. The Morgan fingerprint density at radius 1 is 1.40 bits per heavy atom. The van der Waals surface area contributed by atoms with Gasteiger partial charge in [0.2, 0.25) is 5.89 Å². The van der Waals surface area contributed by atoms with Gasteiger partial charge >= 0.3 is 5.97 Å². The van der Waals surface area contributed by atoms with Crippen LogP contribution in [0.4, 0.5) is 0 Å². The van der Waals surface area contributed by atoms with E-state index in [0.29, 0.717) is 18.7 Å². The second kappa shape index (κ2) is 6.81. The Balaban J connectivity index is 1.86. The van der Waals surface area contributed by atoms with E-state index in [1.807, 2.05) is 0 Å². The lowest BCUT2D eigenvalue weighted by Gasteiger charge is -2.35. The third kappa shape index (κ3) is 4.01. The van der Waals surface area contributed by atoms with Crippen molar-refractivity contribution in [1.82, 2.24) is 19.9 Å². The Bertz CT molecular complexity index is 449.